The Morgan fingerprint density at radius 3 is 2.69 bits per heavy atom. The highest BCUT2D eigenvalue weighted by atomic mass is 32.2. The maximum Gasteiger partial charge on any atom is 0.260 e. The number of halogens is 1. The predicted octanol–water partition coefficient (Wildman–Crippen LogP) is 4.65. The number of carbonyl (C=O) groups is 2. The van der Waals surface area contributed by atoms with Gasteiger partial charge in [0.05, 0.1) is 11.5 Å². The van der Waals surface area contributed by atoms with Crippen molar-refractivity contribution in [1.82, 2.24) is 19.7 Å². The molecule has 0 unspecified atom stereocenters. The highest BCUT2D eigenvalue weighted by molar-refractivity contribution is 8.00. The normalized spacial score (nSPS) is 17.1. The van der Waals surface area contributed by atoms with Crippen molar-refractivity contribution in [2.45, 2.75) is 50.1 Å². The SMILES string of the molecule is CC(C)Cn1c(S[C@H]2CCCCN(C(=O)c3ccc(F)cc3)C2=O)nnc1-c1ccco1. The maximum absolute atomic E-state index is 13.3. The maximum atomic E-state index is 13.3. The van der Waals surface area contributed by atoms with E-state index in [0.29, 0.717) is 47.7 Å². The van der Waals surface area contributed by atoms with Crippen LogP contribution in [0, 0.1) is 11.7 Å². The molecule has 0 radical (unpaired) electrons. The molecule has 3 aromatic rings. The molecule has 0 saturated carbocycles. The summed E-state index contributed by atoms with van der Waals surface area (Å²) in [6.07, 6.45) is 3.78. The van der Waals surface area contributed by atoms with Gasteiger partial charge in [-0.15, -0.1) is 10.2 Å². The standard InChI is InChI=1S/C23H25FN4O3S/c1-15(2)14-28-20(18-6-5-13-31-18)25-26-23(28)32-19-7-3-4-12-27(22(19)30)21(29)16-8-10-17(24)11-9-16/h5-6,8-11,13,15,19H,3-4,7,12,14H2,1-2H3/t19-/m0/s1. The average Bonchev–Trinajstić information content (AvgIpc) is 3.38. The molecule has 1 aromatic carbocycles. The number of imide groups is 1. The van der Waals surface area contributed by atoms with E-state index in [4.69, 9.17) is 4.42 Å². The summed E-state index contributed by atoms with van der Waals surface area (Å²) in [4.78, 5) is 27.6. The number of hydrogen-bond donors (Lipinski definition) is 0. The first-order valence-corrected chi connectivity index (χ1v) is 11.6. The van der Waals surface area contributed by atoms with E-state index in [1.54, 1.807) is 12.3 Å². The van der Waals surface area contributed by atoms with E-state index in [1.807, 2.05) is 10.6 Å². The highest BCUT2D eigenvalue weighted by Crippen LogP contribution is 2.32. The molecule has 1 fully saturated rings. The molecule has 3 heterocycles. The number of furan rings is 1. The van der Waals surface area contributed by atoms with E-state index in [-0.39, 0.29) is 5.91 Å². The molecule has 1 aliphatic rings. The van der Waals surface area contributed by atoms with Crippen LogP contribution in [0.2, 0.25) is 0 Å². The van der Waals surface area contributed by atoms with Gasteiger partial charge in [0.2, 0.25) is 5.91 Å². The van der Waals surface area contributed by atoms with Crippen molar-refractivity contribution in [1.29, 1.82) is 0 Å². The second-order valence-corrected chi connectivity index (χ2v) is 9.36. The van der Waals surface area contributed by atoms with E-state index in [9.17, 15) is 14.0 Å². The molecule has 168 valence electrons. The lowest BCUT2D eigenvalue weighted by atomic mass is 10.2. The van der Waals surface area contributed by atoms with Crippen LogP contribution in [-0.2, 0) is 11.3 Å². The van der Waals surface area contributed by atoms with Gasteiger partial charge in [-0.3, -0.25) is 19.1 Å². The van der Waals surface area contributed by atoms with Crippen molar-refractivity contribution >= 4 is 23.6 Å². The van der Waals surface area contributed by atoms with Crippen LogP contribution in [0.1, 0.15) is 43.5 Å². The minimum Gasteiger partial charge on any atom is -0.461 e. The summed E-state index contributed by atoms with van der Waals surface area (Å²) in [5.74, 6) is 0.495. The molecule has 0 aliphatic carbocycles. The first-order valence-electron chi connectivity index (χ1n) is 10.7. The monoisotopic (exact) mass is 456 g/mol. The summed E-state index contributed by atoms with van der Waals surface area (Å²) >= 11 is 1.34. The van der Waals surface area contributed by atoms with E-state index >= 15 is 0 Å². The van der Waals surface area contributed by atoms with Crippen LogP contribution in [-0.4, -0.2) is 43.3 Å². The lowest BCUT2D eigenvalue weighted by molar-refractivity contribution is -0.127. The lowest BCUT2D eigenvalue weighted by Gasteiger charge is -2.22. The van der Waals surface area contributed by atoms with E-state index < -0.39 is 17.0 Å². The van der Waals surface area contributed by atoms with Crippen molar-refractivity contribution in [3.63, 3.8) is 0 Å². The summed E-state index contributed by atoms with van der Waals surface area (Å²) in [5.41, 5.74) is 0.300. The minimum atomic E-state index is -0.457. The number of rotatable bonds is 6. The average molecular weight is 457 g/mol. The first kappa shape index (κ1) is 22.3. The van der Waals surface area contributed by atoms with Gasteiger partial charge < -0.3 is 4.42 Å². The van der Waals surface area contributed by atoms with Crippen molar-refractivity contribution < 1.29 is 18.4 Å². The molecule has 2 amide bonds. The fourth-order valence-electron chi connectivity index (χ4n) is 3.69. The zero-order valence-corrected chi connectivity index (χ0v) is 18.8. The number of carbonyl (C=O) groups excluding carboxylic acids is 2. The minimum absolute atomic E-state index is 0.250. The van der Waals surface area contributed by atoms with Gasteiger partial charge in [-0.1, -0.05) is 32.0 Å². The molecular formula is C23H25FN4O3S. The van der Waals surface area contributed by atoms with Gasteiger partial charge in [-0.25, -0.2) is 4.39 Å². The van der Waals surface area contributed by atoms with Crippen LogP contribution in [0.5, 0.6) is 0 Å². The molecule has 7 nitrogen and oxygen atoms in total. The van der Waals surface area contributed by atoms with Gasteiger partial charge in [0.25, 0.3) is 5.91 Å². The van der Waals surface area contributed by atoms with Gasteiger partial charge in [-0.2, -0.15) is 0 Å². The van der Waals surface area contributed by atoms with E-state index in [2.05, 4.69) is 24.0 Å². The molecule has 9 heteroatoms. The molecule has 4 rings (SSSR count). The van der Waals surface area contributed by atoms with Gasteiger partial charge in [0.15, 0.2) is 16.7 Å². The fourth-order valence-corrected chi connectivity index (χ4v) is 4.83. The second kappa shape index (κ2) is 9.68. The Morgan fingerprint density at radius 2 is 2.00 bits per heavy atom. The second-order valence-electron chi connectivity index (χ2n) is 8.19. The molecule has 0 N–H and O–H groups in total. The smallest absolute Gasteiger partial charge is 0.260 e. The number of thioether (sulfide) groups is 1. The van der Waals surface area contributed by atoms with E-state index in [1.165, 1.54) is 40.9 Å². The Kier molecular flexibility index (Phi) is 6.74. The third kappa shape index (κ3) is 4.77. The Labute approximate surface area is 190 Å². The number of likely N-dealkylation sites (tertiary alicyclic amines) is 1. The Bertz CT molecular complexity index is 1080. The molecule has 0 bridgehead atoms. The number of benzene rings is 1. The predicted molar refractivity (Wildman–Crippen MR) is 119 cm³/mol. The Balaban J connectivity index is 1.59. The summed E-state index contributed by atoms with van der Waals surface area (Å²) < 4.78 is 20.7. The van der Waals surface area contributed by atoms with Crippen LogP contribution in [0.25, 0.3) is 11.6 Å². The van der Waals surface area contributed by atoms with Crippen LogP contribution >= 0.6 is 11.8 Å². The number of amides is 2. The molecule has 32 heavy (non-hydrogen) atoms. The summed E-state index contributed by atoms with van der Waals surface area (Å²) in [6, 6.07) is 8.90. The number of aromatic nitrogens is 3. The zero-order valence-electron chi connectivity index (χ0n) is 18.0. The third-order valence-corrected chi connectivity index (χ3v) is 6.46. The van der Waals surface area contributed by atoms with Crippen LogP contribution in [0.4, 0.5) is 4.39 Å². The lowest BCUT2D eigenvalue weighted by Crippen LogP contribution is -2.41. The van der Waals surface area contributed by atoms with Gasteiger partial charge in [0.1, 0.15) is 5.82 Å². The van der Waals surface area contributed by atoms with Gasteiger partial charge >= 0.3 is 0 Å². The van der Waals surface area contributed by atoms with Gasteiger partial charge in [-0.05, 0) is 55.2 Å². The van der Waals surface area contributed by atoms with Gasteiger partial charge in [0, 0.05) is 18.7 Å². The zero-order chi connectivity index (χ0) is 22.7. The number of hydrogen-bond acceptors (Lipinski definition) is 6. The first-order chi connectivity index (χ1) is 15.4. The van der Waals surface area contributed by atoms with Crippen molar-refractivity contribution in [3.8, 4) is 11.6 Å². The fraction of sp³-hybridized carbons (Fsp3) is 0.391. The number of nitrogens with zero attached hydrogens (tertiary/aromatic N) is 4. The highest BCUT2D eigenvalue weighted by Gasteiger charge is 2.34. The molecule has 2 aromatic heterocycles. The van der Waals surface area contributed by atoms with Crippen molar-refractivity contribution in [3.05, 3.63) is 54.0 Å². The topological polar surface area (TPSA) is 81.2 Å². The summed E-state index contributed by atoms with van der Waals surface area (Å²) in [5, 5.41) is 8.81. The summed E-state index contributed by atoms with van der Waals surface area (Å²) in [7, 11) is 0. The largest absolute Gasteiger partial charge is 0.461 e. The molecule has 0 spiro atoms. The molecule has 1 aliphatic heterocycles. The molecule has 1 saturated heterocycles. The van der Waals surface area contributed by atoms with E-state index in [0.717, 1.165) is 12.8 Å². The Hall–Kier alpha value is -2.94. The molecular weight excluding hydrogens is 431 g/mol. The van der Waals surface area contributed by atoms with Crippen LogP contribution in [0.3, 0.4) is 0 Å². The Morgan fingerprint density at radius 1 is 1.22 bits per heavy atom. The third-order valence-electron chi connectivity index (χ3n) is 5.23. The van der Waals surface area contributed by atoms with Crippen molar-refractivity contribution in [2.75, 3.05) is 6.54 Å². The van der Waals surface area contributed by atoms with Crippen LogP contribution in [0.15, 0.2) is 52.2 Å². The summed E-state index contributed by atoms with van der Waals surface area (Å²) in [6.45, 7) is 5.22. The van der Waals surface area contributed by atoms with Crippen LogP contribution < -0.4 is 0 Å². The van der Waals surface area contributed by atoms with Crippen molar-refractivity contribution in [2.24, 2.45) is 5.92 Å². The quantitative estimate of drug-likeness (QED) is 0.503. The molecule has 1 atom stereocenters.